The number of benzene rings is 2. The summed E-state index contributed by atoms with van der Waals surface area (Å²) >= 11 is 0. The van der Waals surface area contributed by atoms with Crippen molar-refractivity contribution < 1.29 is 0 Å². The van der Waals surface area contributed by atoms with Crippen LogP contribution in [-0.4, -0.2) is 9.97 Å². The molecule has 0 radical (unpaired) electrons. The third-order valence-corrected chi connectivity index (χ3v) is 3.40. The van der Waals surface area contributed by atoms with Crippen molar-refractivity contribution in [1.82, 2.24) is 9.97 Å². The molecule has 3 N–H and O–H groups in total. The maximum absolute atomic E-state index is 3.43. The van der Waals surface area contributed by atoms with E-state index in [2.05, 4.69) is 63.8 Å². The largest absolute Gasteiger partial charge is 0.361 e. The molecule has 0 unspecified atom stereocenters. The SMILES string of the molecule is c1cc2ccc(Nc3ccc4cc[nH]c4c3)cc2[nH]1. The lowest BCUT2D eigenvalue weighted by Crippen LogP contribution is -1.89. The molecule has 4 rings (SSSR count). The highest BCUT2D eigenvalue weighted by molar-refractivity contribution is 5.86. The first kappa shape index (κ1) is 10.3. The minimum Gasteiger partial charge on any atom is -0.361 e. The molecule has 3 nitrogen and oxygen atoms in total. The highest BCUT2D eigenvalue weighted by atomic mass is 14.9. The summed E-state index contributed by atoms with van der Waals surface area (Å²) in [5.74, 6) is 0. The van der Waals surface area contributed by atoms with E-state index < -0.39 is 0 Å². The molecule has 0 aliphatic carbocycles. The fraction of sp³-hybridized carbons (Fsp3) is 0. The van der Waals surface area contributed by atoms with Gasteiger partial charge < -0.3 is 15.3 Å². The predicted octanol–water partition coefficient (Wildman–Crippen LogP) is 4.39. The van der Waals surface area contributed by atoms with Crippen molar-refractivity contribution in [2.75, 3.05) is 5.32 Å². The molecule has 2 aromatic carbocycles. The van der Waals surface area contributed by atoms with E-state index in [9.17, 15) is 0 Å². The highest BCUT2D eigenvalue weighted by Gasteiger charge is 2.00. The zero-order valence-corrected chi connectivity index (χ0v) is 10.3. The standard InChI is InChI=1S/C16H13N3/c1-3-13(9-15-11(1)5-7-17-15)19-14-4-2-12-6-8-18-16(12)10-14/h1-10,17-19H. The number of H-pyrrole nitrogens is 2. The van der Waals surface area contributed by atoms with Crippen LogP contribution in [0.25, 0.3) is 21.8 Å². The summed E-state index contributed by atoms with van der Waals surface area (Å²) < 4.78 is 0. The van der Waals surface area contributed by atoms with E-state index in [1.807, 2.05) is 12.4 Å². The summed E-state index contributed by atoms with van der Waals surface area (Å²) in [7, 11) is 0. The lowest BCUT2D eigenvalue weighted by molar-refractivity contribution is 1.46. The lowest BCUT2D eigenvalue weighted by Gasteiger charge is -2.06. The Balaban J connectivity index is 1.72. The monoisotopic (exact) mass is 247 g/mol. The normalized spacial score (nSPS) is 11.2. The molecular formula is C16H13N3. The maximum Gasteiger partial charge on any atom is 0.0474 e. The molecule has 0 spiro atoms. The third-order valence-electron chi connectivity index (χ3n) is 3.40. The van der Waals surface area contributed by atoms with Crippen LogP contribution in [0, 0.1) is 0 Å². The molecule has 4 aromatic rings. The lowest BCUT2D eigenvalue weighted by atomic mass is 10.2. The van der Waals surface area contributed by atoms with Gasteiger partial charge in [0.05, 0.1) is 0 Å². The molecule has 92 valence electrons. The number of nitrogens with one attached hydrogen (secondary N) is 3. The zero-order valence-electron chi connectivity index (χ0n) is 10.3. The number of hydrogen-bond acceptors (Lipinski definition) is 1. The third kappa shape index (κ3) is 1.76. The van der Waals surface area contributed by atoms with E-state index >= 15 is 0 Å². The van der Waals surface area contributed by atoms with Crippen LogP contribution >= 0.6 is 0 Å². The van der Waals surface area contributed by atoms with Crippen LogP contribution in [0.2, 0.25) is 0 Å². The first-order valence-corrected chi connectivity index (χ1v) is 6.30. The molecule has 0 aliphatic rings. The van der Waals surface area contributed by atoms with Gasteiger partial charge in [-0.3, -0.25) is 0 Å². The fourth-order valence-corrected chi connectivity index (χ4v) is 2.42. The van der Waals surface area contributed by atoms with Gasteiger partial charge in [0.2, 0.25) is 0 Å². The van der Waals surface area contributed by atoms with Gasteiger partial charge in [-0.1, -0.05) is 12.1 Å². The van der Waals surface area contributed by atoms with Crippen molar-refractivity contribution in [2.45, 2.75) is 0 Å². The van der Waals surface area contributed by atoms with Gasteiger partial charge in [0.1, 0.15) is 0 Å². The quantitative estimate of drug-likeness (QED) is 0.483. The van der Waals surface area contributed by atoms with Crippen molar-refractivity contribution in [3.05, 3.63) is 60.9 Å². The van der Waals surface area contributed by atoms with Gasteiger partial charge in [0.25, 0.3) is 0 Å². The molecule has 0 amide bonds. The minimum absolute atomic E-state index is 1.08. The number of fused-ring (bicyclic) bond motifs is 2. The van der Waals surface area contributed by atoms with Gasteiger partial charge in [-0.2, -0.15) is 0 Å². The number of rotatable bonds is 2. The molecule has 0 aliphatic heterocycles. The van der Waals surface area contributed by atoms with Crippen molar-refractivity contribution in [3.8, 4) is 0 Å². The van der Waals surface area contributed by atoms with Crippen molar-refractivity contribution >= 4 is 33.2 Å². The molecule has 0 bridgehead atoms. The van der Waals surface area contributed by atoms with E-state index in [0.29, 0.717) is 0 Å². The van der Waals surface area contributed by atoms with E-state index in [4.69, 9.17) is 0 Å². The number of aromatic nitrogens is 2. The second kappa shape index (κ2) is 3.92. The van der Waals surface area contributed by atoms with Crippen molar-refractivity contribution in [3.63, 3.8) is 0 Å². The van der Waals surface area contributed by atoms with Crippen LogP contribution in [0.15, 0.2) is 60.9 Å². The Morgan fingerprint density at radius 1 is 0.632 bits per heavy atom. The fourth-order valence-electron chi connectivity index (χ4n) is 2.42. The summed E-state index contributed by atoms with van der Waals surface area (Å²) in [4.78, 5) is 6.45. The van der Waals surface area contributed by atoms with E-state index in [-0.39, 0.29) is 0 Å². The second-order valence-electron chi connectivity index (χ2n) is 4.68. The molecular weight excluding hydrogens is 234 g/mol. The van der Waals surface area contributed by atoms with Crippen LogP contribution in [-0.2, 0) is 0 Å². The summed E-state index contributed by atoms with van der Waals surface area (Å²) in [5.41, 5.74) is 4.46. The first-order chi connectivity index (χ1) is 9.38. The first-order valence-electron chi connectivity index (χ1n) is 6.30. The average Bonchev–Trinajstić information content (AvgIpc) is 3.05. The molecule has 0 atom stereocenters. The van der Waals surface area contributed by atoms with Gasteiger partial charge in [0.15, 0.2) is 0 Å². The molecule has 0 saturated carbocycles. The Bertz CT molecular complexity index is 782. The van der Waals surface area contributed by atoms with Crippen LogP contribution in [0.1, 0.15) is 0 Å². The van der Waals surface area contributed by atoms with Gasteiger partial charge >= 0.3 is 0 Å². The van der Waals surface area contributed by atoms with E-state index in [1.54, 1.807) is 0 Å². The summed E-state index contributed by atoms with van der Waals surface area (Å²) in [5, 5.41) is 5.88. The minimum atomic E-state index is 1.08. The Morgan fingerprint density at radius 2 is 1.16 bits per heavy atom. The van der Waals surface area contributed by atoms with Crippen LogP contribution in [0.4, 0.5) is 11.4 Å². The smallest absolute Gasteiger partial charge is 0.0474 e. The molecule has 2 aromatic heterocycles. The molecule has 3 heteroatoms. The number of hydrogen-bond donors (Lipinski definition) is 3. The predicted molar refractivity (Wildman–Crippen MR) is 79.9 cm³/mol. The summed E-state index contributed by atoms with van der Waals surface area (Å²) in [6.45, 7) is 0. The Kier molecular flexibility index (Phi) is 2.12. The molecule has 0 fully saturated rings. The van der Waals surface area contributed by atoms with Crippen LogP contribution in [0.5, 0.6) is 0 Å². The number of anilines is 2. The van der Waals surface area contributed by atoms with Gasteiger partial charge in [0, 0.05) is 34.8 Å². The second-order valence-corrected chi connectivity index (χ2v) is 4.68. The average molecular weight is 247 g/mol. The van der Waals surface area contributed by atoms with Crippen molar-refractivity contribution in [2.24, 2.45) is 0 Å². The summed E-state index contributed by atoms with van der Waals surface area (Å²) in [6, 6.07) is 16.8. The Labute approximate surface area is 110 Å². The topological polar surface area (TPSA) is 43.6 Å². The molecule has 0 saturated heterocycles. The maximum atomic E-state index is 3.43. The van der Waals surface area contributed by atoms with Gasteiger partial charge in [-0.05, 0) is 47.2 Å². The number of aromatic amines is 2. The highest BCUT2D eigenvalue weighted by Crippen LogP contribution is 2.24. The van der Waals surface area contributed by atoms with Crippen LogP contribution in [0.3, 0.4) is 0 Å². The van der Waals surface area contributed by atoms with Gasteiger partial charge in [-0.15, -0.1) is 0 Å². The van der Waals surface area contributed by atoms with Crippen molar-refractivity contribution in [1.29, 1.82) is 0 Å². The molecule has 19 heavy (non-hydrogen) atoms. The van der Waals surface area contributed by atoms with Crippen LogP contribution < -0.4 is 5.32 Å². The molecule has 2 heterocycles. The zero-order chi connectivity index (χ0) is 12.7. The van der Waals surface area contributed by atoms with E-state index in [1.165, 1.54) is 10.8 Å². The van der Waals surface area contributed by atoms with Gasteiger partial charge in [-0.25, -0.2) is 0 Å². The Hall–Kier alpha value is -2.68. The summed E-state index contributed by atoms with van der Waals surface area (Å²) in [6.07, 6.45) is 3.92. The Morgan fingerprint density at radius 3 is 1.68 bits per heavy atom. The van der Waals surface area contributed by atoms with E-state index in [0.717, 1.165) is 22.4 Å².